The van der Waals surface area contributed by atoms with Crippen molar-refractivity contribution in [3.8, 4) is 46.0 Å². The number of carboxylic acid groups (broad SMARTS) is 1. The lowest BCUT2D eigenvalue weighted by molar-refractivity contribution is -0.958. The molecule has 54 heavy (non-hydrogen) atoms. The molecule has 0 radical (unpaired) electrons. The monoisotopic (exact) mass is 736 g/mol. The standard InChI is InChI=1S/C44H52N2O8/c1-8-20-52-42-40(51-7)25-30-16-18-45(3)33-21-28-12-15-36(49-5)38(23-28)53-31-13-10-27(11-14-31)22-35-32-26-39(54-43(42)41(30)33)37(50-6)24-29(32)17-19-46(35,4)34(9-2)44(47)48/h10-15,23-26,33-35H,8-9,16-22H2,1-7H3. The van der Waals surface area contributed by atoms with E-state index in [2.05, 4.69) is 68.4 Å². The number of hydrogen-bond donors (Lipinski definition) is 0. The van der Waals surface area contributed by atoms with Crippen LogP contribution < -0.4 is 33.5 Å². The van der Waals surface area contributed by atoms with Crippen molar-refractivity contribution in [1.29, 1.82) is 0 Å². The molecule has 4 aromatic carbocycles. The van der Waals surface area contributed by atoms with Crippen molar-refractivity contribution in [3.05, 3.63) is 94.0 Å². The summed E-state index contributed by atoms with van der Waals surface area (Å²) in [5.41, 5.74) is 6.44. The maximum atomic E-state index is 12.8. The average molecular weight is 737 g/mol. The Labute approximate surface area is 318 Å². The van der Waals surface area contributed by atoms with Crippen LogP contribution in [0.3, 0.4) is 0 Å². The maximum absolute atomic E-state index is 12.8. The van der Waals surface area contributed by atoms with Gasteiger partial charge in [0, 0.05) is 43.0 Å². The quantitative estimate of drug-likeness (QED) is 0.169. The van der Waals surface area contributed by atoms with E-state index in [1.165, 1.54) is 0 Å². The number of nitrogens with zero attached hydrogens (tertiary/aromatic N) is 2. The summed E-state index contributed by atoms with van der Waals surface area (Å²) in [5.74, 6) is 3.81. The molecule has 4 aliphatic heterocycles. The lowest BCUT2D eigenvalue weighted by atomic mass is 9.84. The Morgan fingerprint density at radius 1 is 0.870 bits per heavy atom. The number of hydrogen-bond acceptors (Lipinski definition) is 9. The zero-order valence-electron chi connectivity index (χ0n) is 32.5. The second kappa shape index (κ2) is 15.4. The summed E-state index contributed by atoms with van der Waals surface area (Å²) >= 11 is 0. The molecule has 4 atom stereocenters. The minimum absolute atomic E-state index is 0.0808. The number of likely N-dealkylation sites (N-methyl/N-ethyl adjacent to an activating group) is 2. The normalized spacial score (nSPS) is 21.0. The van der Waals surface area contributed by atoms with Crippen LogP contribution in [0.1, 0.15) is 72.2 Å². The molecule has 0 aromatic heterocycles. The first kappa shape index (κ1) is 37.4. The summed E-state index contributed by atoms with van der Waals surface area (Å²) in [5, 5.41) is 12.8. The fraction of sp³-hybridized carbons (Fsp3) is 0.432. The molecular formula is C44H52N2O8. The fourth-order valence-corrected chi connectivity index (χ4v) is 8.82. The van der Waals surface area contributed by atoms with Gasteiger partial charge in [0.2, 0.25) is 5.75 Å². The predicted molar refractivity (Wildman–Crippen MR) is 204 cm³/mol. The number of rotatable bonds is 9. The van der Waals surface area contributed by atoms with Gasteiger partial charge >= 0.3 is 0 Å². The van der Waals surface area contributed by atoms with Gasteiger partial charge < -0.3 is 42.8 Å². The molecule has 4 heterocycles. The Morgan fingerprint density at radius 3 is 2.26 bits per heavy atom. The fourth-order valence-electron chi connectivity index (χ4n) is 8.82. The van der Waals surface area contributed by atoms with Crippen LogP contribution in [0.4, 0.5) is 0 Å². The van der Waals surface area contributed by atoms with Crippen LogP contribution in [0.15, 0.2) is 60.7 Å². The van der Waals surface area contributed by atoms with Crippen LogP contribution in [0.5, 0.6) is 46.0 Å². The molecule has 6 bridgehead atoms. The molecule has 8 rings (SSSR count). The van der Waals surface area contributed by atoms with Crippen molar-refractivity contribution in [2.45, 2.75) is 70.5 Å². The van der Waals surface area contributed by atoms with Gasteiger partial charge in [-0.2, -0.15) is 0 Å². The Hall–Kier alpha value is -4.93. The highest BCUT2D eigenvalue weighted by atomic mass is 16.6. The van der Waals surface area contributed by atoms with E-state index in [4.69, 9.17) is 28.4 Å². The summed E-state index contributed by atoms with van der Waals surface area (Å²) in [6.45, 7) is 5.96. The van der Waals surface area contributed by atoms with Crippen LogP contribution in [0, 0.1) is 0 Å². The molecule has 0 aliphatic carbocycles. The first-order valence-electron chi connectivity index (χ1n) is 19.1. The predicted octanol–water partition coefficient (Wildman–Crippen LogP) is 6.99. The molecule has 10 nitrogen and oxygen atoms in total. The number of methoxy groups -OCH3 is 3. The number of aliphatic carboxylic acids is 1. The van der Waals surface area contributed by atoms with Crippen molar-refractivity contribution in [2.24, 2.45) is 0 Å². The highest BCUT2D eigenvalue weighted by Gasteiger charge is 2.45. The van der Waals surface area contributed by atoms with Gasteiger partial charge in [0.1, 0.15) is 17.8 Å². The van der Waals surface area contributed by atoms with Crippen LogP contribution in [0.25, 0.3) is 0 Å². The molecule has 286 valence electrons. The average Bonchev–Trinajstić information content (AvgIpc) is 3.16. The second-order valence-corrected chi connectivity index (χ2v) is 14.9. The minimum Gasteiger partial charge on any atom is -0.544 e. The Bertz CT molecular complexity index is 2010. The number of carbonyl (C=O) groups excluding carboxylic acids is 1. The molecule has 0 amide bonds. The number of ether oxygens (including phenoxy) is 6. The summed E-state index contributed by atoms with van der Waals surface area (Å²) < 4.78 is 38.3. The molecule has 10 heteroatoms. The minimum atomic E-state index is -1.04. The summed E-state index contributed by atoms with van der Waals surface area (Å²) in [7, 11) is 9.17. The van der Waals surface area contributed by atoms with E-state index in [-0.39, 0.29) is 12.1 Å². The lowest BCUT2D eigenvalue weighted by Crippen LogP contribution is -2.63. The highest BCUT2D eigenvalue weighted by molar-refractivity contribution is 5.70. The van der Waals surface area contributed by atoms with Gasteiger partial charge in [0.25, 0.3) is 0 Å². The van der Waals surface area contributed by atoms with Crippen LogP contribution in [0.2, 0.25) is 0 Å². The van der Waals surface area contributed by atoms with Crippen LogP contribution in [-0.4, -0.2) is 76.5 Å². The van der Waals surface area contributed by atoms with E-state index < -0.39 is 12.0 Å². The van der Waals surface area contributed by atoms with Crippen LogP contribution >= 0.6 is 0 Å². The van der Waals surface area contributed by atoms with Gasteiger partial charge in [0.05, 0.1) is 47.5 Å². The molecule has 0 spiro atoms. The number of carboxylic acids is 1. The third-order valence-electron chi connectivity index (χ3n) is 11.8. The van der Waals surface area contributed by atoms with Gasteiger partial charge in [-0.15, -0.1) is 0 Å². The molecular weight excluding hydrogens is 684 g/mol. The zero-order chi connectivity index (χ0) is 38.1. The first-order valence-corrected chi connectivity index (χ1v) is 19.1. The largest absolute Gasteiger partial charge is 0.544 e. The molecule has 0 saturated heterocycles. The summed E-state index contributed by atoms with van der Waals surface area (Å²) in [6.07, 6.45) is 3.98. The third kappa shape index (κ3) is 6.82. The lowest BCUT2D eigenvalue weighted by Gasteiger charge is -2.50. The molecule has 0 N–H and O–H groups in total. The third-order valence-corrected chi connectivity index (χ3v) is 11.8. The van der Waals surface area contributed by atoms with Crippen molar-refractivity contribution >= 4 is 5.97 Å². The number of benzene rings is 4. The van der Waals surface area contributed by atoms with Gasteiger partial charge in [-0.1, -0.05) is 32.0 Å². The van der Waals surface area contributed by atoms with Crippen LogP contribution in [-0.2, 0) is 30.5 Å². The molecule has 4 unspecified atom stereocenters. The Kier molecular flexibility index (Phi) is 10.7. The van der Waals surface area contributed by atoms with E-state index in [1.807, 2.05) is 25.1 Å². The van der Waals surface area contributed by atoms with Crippen molar-refractivity contribution < 1.29 is 42.8 Å². The second-order valence-electron chi connectivity index (χ2n) is 14.9. The summed E-state index contributed by atoms with van der Waals surface area (Å²) in [6, 6.07) is 19.4. The van der Waals surface area contributed by atoms with Crippen molar-refractivity contribution in [2.75, 3.05) is 55.1 Å². The molecule has 4 aliphatic rings. The SMILES string of the molecule is CCCOc1c(OC)cc2c3c1Oc1cc4c(cc1OC)CC[N+](C)(C(CC)C(=O)[O-])C4Cc1ccc(cc1)Oc1cc(ccc1OC)CC3N(C)CC2. The highest BCUT2D eigenvalue weighted by Crippen LogP contribution is 2.53. The smallest absolute Gasteiger partial charge is 0.204 e. The maximum Gasteiger partial charge on any atom is 0.204 e. The molecule has 4 aromatic rings. The number of quaternary nitrogens is 1. The van der Waals surface area contributed by atoms with E-state index in [0.717, 1.165) is 52.8 Å². The van der Waals surface area contributed by atoms with E-state index in [1.54, 1.807) is 21.3 Å². The number of carbonyl (C=O) groups is 1. The molecule has 0 saturated carbocycles. The van der Waals surface area contributed by atoms with E-state index >= 15 is 0 Å². The van der Waals surface area contributed by atoms with Gasteiger partial charge in [-0.25, -0.2) is 0 Å². The first-order chi connectivity index (χ1) is 26.1. The van der Waals surface area contributed by atoms with Gasteiger partial charge in [0.15, 0.2) is 34.5 Å². The van der Waals surface area contributed by atoms with Gasteiger partial charge in [-0.05, 0) is 91.0 Å². The van der Waals surface area contributed by atoms with Crippen molar-refractivity contribution in [3.63, 3.8) is 0 Å². The summed E-state index contributed by atoms with van der Waals surface area (Å²) in [4.78, 5) is 15.1. The molecule has 0 fully saturated rings. The van der Waals surface area contributed by atoms with Crippen molar-refractivity contribution in [1.82, 2.24) is 4.90 Å². The Balaban J connectivity index is 1.50. The van der Waals surface area contributed by atoms with E-state index in [9.17, 15) is 9.90 Å². The topological polar surface area (TPSA) is 98.8 Å². The zero-order valence-corrected chi connectivity index (χ0v) is 32.5. The van der Waals surface area contributed by atoms with E-state index in [0.29, 0.717) is 89.3 Å². The number of fused-ring (bicyclic) bond motifs is 2. The Morgan fingerprint density at radius 2 is 1.57 bits per heavy atom. The van der Waals surface area contributed by atoms with Gasteiger partial charge in [-0.3, -0.25) is 4.90 Å².